The normalized spacial score (nSPS) is 11.3. The second-order valence-corrected chi connectivity index (χ2v) is 4.19. The first-order valence-corrected chi connectivity index (χ1v) is 5.41. The molecule has 0 aliphatic rings. The molecule has 5 nitrogen and oxygen atoms in total. The molecule has 17 heavy (non-hydrogen) atoms. The molecule has 0 saturated carbocycles. The van der Waals surface area contributed by atoms with E-state index in [0.717, 1.165) is 5.52 Å². The van der Waals surface area contributed by atoms with E-state index in [0.29, 0.717) is 16.7 Å². The van der Waals surface area contributed by atoms with Gasteiger partial charge in [-0.15, -0.1) is 0 Å². The van der Waals surface area contributed by atoms with Crippen molar-refractivity contribution in [1.29, 1.82) is 0 Å². The fourth-order valence-electron chi connectivity index (χ4n) is 1.45. The van der Waals surface area contributed by atoms with Crippen molar-refractivity contribution in [2.24, 2.45) is 4.99 Å². The van der Waals surface area contributed by atoms with Crippen LogP contribution in [-0.2, 0) is 0 Å². The number of fused-ring (bicyclic) bond motifs is 1. The van der Waals surface area contributed by atoms with Crippen molar-refractivity contribution in [3.05, 3.63) is 23.5 Å². The summed E-state index contributed by atoms with van der Waals surface area (Å²) >= 11 is 6.04. The van der Waals surface area contributed by atoms with Gasteiger partial charge in [-0.2, -0.15) is 0 Å². The summed E-state index contributed by atoms with van der Waals surface area (Å²) in [5.74, 6) is 1.24. The smallest absolute Gasteiger partial charge is 0.239 e. The lowest BCUT2D eigenvalue weighted by atomic mass is 10.4. The molecule has 6 heteroatoms. The summed E-state index contributed by atoms with van der Waals surface area (Å²) in [6.07, 6.45) is 3.37. The molecule has 0 unspecified atom stereocenters. The molecule has 2 aromatic rings. The summed E-state index contributed by atoms with van der Waals surface area (Å²) in [7, 11) is 5.38. The first kappa shape index (κ1) is 11.7. The molecular weight excluding hydrogens is 240 g/mol. The largest absolute Gasteiger partial charge is 0.479 e. The number of aromatic nitrogens is 2. The van der Waals surface area contributed by atoms with Gasteiger partial charge in [0.05, 0.1) is 13.4 Å². The number of hydrogen-bond donors (Lipinski definition) is 0. The fraction of sp³-hybridized carbons (Fsp3) is 0.273. The molecule has 2 rings (SSSR count). The second kappa shape index (κ2) is 4.63. The summed E-state index contributed by atoms with van der Waals surface area (Å²) in [6.45, 7) is 0. The van der Waals surface area contributed by atoms with Crippen LogP contribution in [0.15, 0.2) is 23.5 Å². The first-order chi connectivity index (χ1) is 8.11. The lowest BCUT2D eigenvalue weighted by Crippen LogP contribution is -2.07. The number of hydrogen-bond acceptors (Lipinski definition) is 3. The number of nitrogens with zero attached hydrogens (tertiary/aromatic N) is 4. The molecular formula is C11H13ClN4O. The maximum atomic E-state index is 6.04. The number of ether oxygens (including phenoxy) is 1. The molecule has 0 fully saturated rings. The topological polar surface area (TPSA) is 42.1 Å². The third-order valence-electron chi connectivity index (χ3n) is 2.17. The van der Waals surface area contributed by atoms with Gasteiger partial charge < -0.3 is 9.64 Å². The van der Waals surface area contributed by atoms with Gasteiger partial charge >= 0.3 is 0 Å². The molecule has 2 heterocycles. The van der Waals surface area contributed by atoms with Crippen LogP contribution in [0.1, 0.15) is 0 Å². The lowest BCUT2D eigenvalue weighted by molar-refractivity contribution is 0.405. The van der Waals surface area contributed by atoms with Crippen LogP contribution in [-0.4, -0.2) is 41.8 Å². The average molecular weight is 253 g/mol. The van der Waals surface area contributed by atoms with E-state index in [1.54, 1.807) is 31.9 Å². The van der Waals surface area contributed by atoms with E-state index in [1.165, 1.54) is 0 Å². The van der Waals surface area contributed by atoms with E-state index >= 15 is 0 Å². The van der Waals surface area contributed by atoms with E-state index in [1.807, 2.05) is 23.4 Å². The Kier molecular flexibility index (Phi) is 3.19. The number of imidazole rings is 1. The van der Waals surface area contributed by atoms with E-state index in [9.17, 15) is 0 Å². The van der Waals surface area contributed by atoms with Crippen molar-refractivity contribution in [3.63, 3.8) is 0 Å². The van der Waals surface area contributed by atoms with E-state index in [-0.39, 0.29) is 0 Å². The molecule has 0 amide bonds. The van der Waals surface area contributed by atoms with Gasteiger partial charge in [-0.05, 0) is 6.07 Å². The summed E-state index contributed by atoms with van der Waals surface area (Å²) < 4.78 is 6.97. The minimum absolute atomic E-state index is 0.536. The van der Waals surface area contributed by atoms with E-state index in [2.05, 4.69) is 9.98 Å². The zero-order valence-corrected chi connectivity index (χ0v) is 10.6. The van der Waals surface area contributed by atoms with Crippen LogP contribution in [0, 0.1) is 0 Å². The number of halogens is 1. The maximum Gasteiger partial charge on any atom is 0.239 e. The van der Waals surface area contributed by atoms with Crippen LogP contribution in [0.4, 0.5) is 5.82 Å². The van der Waals surface area contributed by atoms with Gasteiger partial charge in [0.25, 0.3) is 0 Å². The van der Waals surface area contributed by atoms with Crippen molar-refractivity contribution in [2.45, 2.75) is 0 Å². The predicted molar refractivity (Wildman–Crippen MR) is 68.6 cm³/mol. The van der Waals surface area contributed by atoms with Gasteiger partial charge in [-0.3, -0.25) is 4.40 Å². The molecule has 0 N–H and O–H groups in total. The van der Waals surface area contributed by atoms with Crippen LogP contribution < -0.4 is 4.74 Å². The second-order valence-electron chi connectivity index (χ2n) is 3.75. The van der Waals surface area contributed by atoms with Gasteiger partial charge in [0.2, 0.25) is 5.88 Å². The van der Waals surface area contributed by atoms with E-state index in [4.69, 9.17) is 16.3 Å². The van der Waals surface area contributed by atoms with Gasteiger partial charge in [0.1, 0.15) is 17.7 Å². The van der Waals surface area contributed by atoms with Crippen molar-refractivity contribution in [3.8, 4) is 5.88 Å². The molecule has 0 aliphatic carbocycles. The monoisotopic (exact) mass is 252 g/mol. The Balaban J connectivity index is 2.58. The molecule has 0 atom stereocenters. The SMILES string of the molecule is COc1ncn2c(N=CN(C)C)cc(Cl)cc12. The Bertz CT molecular complexity index is 562. The van der Waals surface area contributed by atoms with Crippen LogP contribution in [0.3, 0.4) is 0 Å². The summed E-state index contributed by atoms with van der Waals surface area (Å²) in [4.78, 5) is 10.3. The third kappa shape index (κ3) is 2.34. The molecule has 0 saturated heterocycles. The quantitative estimate of drug-likeness (QED) is 0.621. The highest BCUT2D eigenvalue weighted by Gasteiger charge is 2.08. The first-order valence-electron chi connectivity index (χ1n) is 5.03. The molecule has 0 bridgehead atoms. The molecule has 2 aromatic heterocycles. The Morgan fingerprint density at radius 1 is 1.47 bits per heavy atom. The van der Waals surface area contributed by atoms with E-state index < -0.39 is 0 Å². The number of pyridine rings is 1. The Labute approximate surface area is 104 Å². The van der Waals surface area contributed by atoms with Crippen LogP contribution in [0.2, 0.25) is 5.02 Å². The summed E-state index contributed by atoms with van der Waals surface area (Å²) in [5, 5.41) is 0.599. The fourth-order valence-corrected chi connectivity index (χ4v) is 1.65. The van der Waals surface area contributed by atoms with Crippen LogP contribution >= 0.6 is 11.6 Å². The van der Waals surface area contributed by atoms with Gasteiger partial charge in [-0.1, -0.05) is 11.6 Å². The van der Waals surface area contributed by atoms with Crippen molar-refractivity contribution in [2.75, 3.05) is 21.2 Å². The van der Waals surface area contributed by atoms with Gasteiger partial charge in [0, 0.05) is 25.2 Å². The standard InChI is InChI=1S/C11H13ClN4O/c1-15(2)6-13-10-5-8(12)4-9-11(17-3)14-7-16(9)10/h4-7H,1-3H3. The molecule has 0 radical (unpaired) electrons. The number of rotatable bonds is 3. The Hall–Kier alpha value is -1.75. The lowest BCUT2D eigenvalue weighted by Gasteiger charge is -2.05. The zero-order chi connectivity index (χ0) is 12.4. The minimum atomic E-state index is 0.536. The van der Waals surface area contributed by atoms with Crippen molar-refractivity contribution < 1.29 is 4.74 Å². The highest BCUT2D eigenvalue weighted by atomic mass is 35.5. The maximum absolute atomic E-state index is 6.04. The van der Waals surface area contributed by atoms with Crippen LogP contribution in [0.25, 0.3) is 5.52 Å². The summed E-state index contributed by atoms with van der Waals surface area (Å²) in [5.41, 5.74) is 0.797. The van der Waals surface area contributed by atoms with Gasteiger partial charge in [0.15, 0.2) is 0 Å². The molecule has 0 aliphatic heterocycles. The highest BCUT2D eigenvalue weighted by Crippen LogP contribution is 2.27. The third-order valence-corrected chi connectivity index (χ3v) is 2.39. The average Bonchev–Trinajstić information content (AvgIpc) is 2.68. The number of methoxy groups -OCH3 is 1. The predicted octanol–water partition coefficient (Wildman–Crippen LogP) is 2.22. The van der Waals surface area contributed by atoms with Gasteiger partial charge in [-0.25, -0.2) is 9.98 Å². The zero-order valence-electron chi connectivity index (χ0n) is 9.88. The highest BCUT2D eigenvalue weighted by molar-refractivity contribution is 6.31. The van der Waals surface area contributed by atoms with Crippen molar-refractivity contribution >= 4 is 29.3 Å². The minimum Gasteiger partial charge on any atom is -0.479 e. The summed E-state index contributed by atoms with van der Waals surface area (Å²) in [6, 6.07) is 3.57. The van der Waals surface area contributed by atoms with Crippen LogP contribution in [0.5, 0.6) is 5.88 Å². The molecule has 0 aromatic carbocycles. The number of aliphatic imine (C=N–C) groups is 1. The van der Waals surface area contributed by atoms with Crippen molar-refractivity contribution in [1.82, 2.24) is 14.3 Å². The Morgan fingerprint density at radius 2 is 2.24 bits per heavy atom. The Morgan fingerprint density at radius 3 is 2.88 bits per heavy atom. The molecule has 0 spiro atoms. The molecule has 90 valence electrons.